The largest absolute Gasteiger partial charge is 0.501 e. The molecule has 3 nitrogen and oxygen atoms in total. The van der Waals surface area contributed by atoms with Gasteiger partial charge in [0.2, 0.25) is 0 Å². The number of pyridine rings is 2. The molecule has 0 fully saturated rings. The first-order valence-electron chi connectivity index (χ1n) is 16.3. The van der Waals surface area contributed by atoms with Gasteiger partial charge in [-0.25, -0.2) is 0 Å². The Bertz CT molecular complexity index is 2180. The van der Waals surface area contributed by atoms with Gasteiger partial charge in [0.05, 0.1) is 13.7 Å². The quantitative estimate of drug-likeness (QED) is 0.128. The number of benzene rings is 4. The summed E-state index contributed by atoms with van der Waals surface area (Å²) in [6.45, 7) is 18.0. The van der Waals surface area contributed by atoms with E-state index in [9.17, 15) is 0 Å². The predicted octanol–water partition coefficient (Wildman–Crippen LogP) is 11.3. The molecule has 0 aliphatic rings. The maximum Gasteiger partial charge on any atom is 0.121 e. The third-order valence-corrected chi connectivity index (χ3v) is 10.5. The van der Waals surface area contributed by atoms with Crippen molar-refractivity contribution in [3.63, 3.8) is 0 Å². The van der Waals surface area contributed by atoms with Crippen LogP contribution in [0.25, 0.3) is 55.6 Å². The summed E-state index contributed by atoms with van der Waals surface area (Å²) in [4.78, 5) is 9.19. The minimum absolute atomic E-state index is 0. The molecule has 3 heterocycles. The molecule has 0 bridgehead atoms. The van der Waals surface area contributed by atoms with E-state index in [0.717, 1.165) is 50.0 Å². The van der Waals surface area contributed by atoms with Crippen molar-refractivity contribution in [1.29, 1.82) is 0 Å². The first-order chi connectivity index (χ1) is 22.5. The fourth-order valence-electron chi connectivity index (χ4n) is 6.20. The Kier molecular flexibility index (Phi) is 10.6. The molecular formula is C43H42IrN2OSi-2. The molecule has 4 aromatic carbocycles. The van der Waals surface area contributed by atoms with Crippen molar-refractivity contribution in [2.24, 2.45) is 0 Å². The fraction of sp³-hybridized carbons (Fsp3) is 0.209. The van der Waals surface area contributed by atoms with Gasteiger partial charge in [0.15, 0.2) is 0 Å². The second kappa shape index (κ2) is 14.5. The van der Waals surface area contributed by atoms with Gasteiger partial charge in [-0.05, 0) is 66.5 Å². The summed E-state index contributed by atoms with van der Waals surface area (Å²) < 4.78 is 6.33. The Balaban J connectivity index is 0.000000198. The summed E-state index contributed by atoms with van der Waals surface area (Å²) >= 11 is 0. The second-order valence-corrected chi connectivity index (χ2v) is 18.9. The molecule has 245 valence electrons. The Morgan fingerprint density at radius 1 is 0.688 bits per heavy atom. The molecule has 3 aromatic heterocycles. The van der Waals surface area contributed by atoms with Crippen LogP contribution in [0.1, 0.15) is 42.0 Å². The van der Waals surface area contributed by atoms with E-state index in [-0.39, 0.29) is 20.1 Å². The van der Waals surface area contributed by atoms with Crippen molar-refractivity contribution >= 4 is 35.2 Å². The Morgan fingerprint density at radius 2 is 1.46 bits per heavy atom. The Hall–Kier alpha value is -4.15. The Morgan fingerprint density at radius 3 is 2.12 bits per heavy atom. The molecule has 0 atom stereocenters. The van der Waals surface area contributed by atoms with Crippen LogP contribution in [-0.4, -0.2) is 18.0 Å². The summed E-state index contributed by atoms with van der Waals surface area (Å²) in [6, 6.07) is 38.0. The molecule has 0 saturated heterocycles. The minimum Gasteiger partial charge on any atom is -0.501 e. The van der Waals surface area contributed by atoms with Crippen molar-refractivity contribution in [1.82, 2.24) is 9.97 Å². The number of aromatic nitrogens is 2. The van der Waals surface area contributed by atoms with Crippen molar-refractivity contribution in [2.45, 2.75) is 60.2 Å². The van der Waals surface area contributed by atoms with E-state index in [4.69, 9.17) is 4.42 Å². The van der Waals surface area contributed by atoms with Gasteiger partial charge in [-0.15, -0.1) is 54.1 Å². The number of rotatable bonds is 5. The molecule has 7 rings (SSSR count). The monoisotopic (exact) mass is 823 g/mol. The molecule has 0 aliphatic carbocycles. The molecule has 0 aliphatic heterocycles. The molecule has 0 amide bonds. The number of hydrogen-bond acceptors (Lipinski definition) is 3. The number of hydrogen-bond donors (Lipinski definition) is 0. The number of furan rings is 1. The van der Waals surface area contributed by atoms with Crippen molar-refractivity contribution < 1.29 is 24.5 Å². The Labute approximate surface area is 299 Å². The standard InChI is InChI=1S/C26H20NO.C17H22NSi.Ir/c1-16-9-10-27-24(14-16)23-6-4-5-22-21-8-7-19(15-25(21)28-26(22)23)20-12-17(2)11-18(3)13-20;1-13(2)15-11-16(14-9-7-6-8-10-14)18-12-17(15)19(3,4)5;/h4-5,7-15H,1-3H3;6-9,11-13H,1-5H3;/q2*-1;. The molecule has 7 aromatic rings. The topological polar surface area (TPSA) is 38.9 Å². The number of nitrogens with zero attached hydrogens (tertiary/aromatic N) is 2. The maximum atomic E-state index is 6.33. The van der Waals surface area contributed by atoms with Crippen LogP contribution >= 0.6 is 0 Å². The van der Waals surface area contributed by atoms with Gasteiger partial charge in [0, 0.05) is 37.9 Å². The van der Waals surface area contributed by atoms with Gasteiger partial charge >= 0.3 is 0 Å². The van der Waals surface area contributed by atoms with E-state index in [1.807, 2.05) is 36.5 Å². The molecule has 1 radical (unpaired) electrons. The predicted molar refractivity (Wildman–Crippen MR) is 201 cm³/mol. The normalized spacial score (nSPS) is 11.4. The van der Waals surface area contributed by atoms with Crippen LogP contribution in [0.4, 0.5) is 0 Å². The van der Waals surface area contributed by atoms with Crippen LogP contribution in [0.3, 0.4) is 0 Å². The van der Waals surface area contributed by atoms with Crippen molar-refractivity contribution in [3.8, 4) is 33.6 Å². The summed E-state index contributed by atoms with van der Waals surface area (Å²) in [5, 5.41) is 3.69. The number of fused-ring (bicyclic) bond motifs is 3. The van der Waals surface area contributed by atoms with E-state index >= 15 is 0 Å². The zero-order valence-electron chi connectivity index (χ0n) is 29.0. The first-order valence-corrected chi connectivity index (χ1v) is 19.8. The first kappa shape index (κ1) is 35.2. The van der Waals surface area contributed by atoms with Gasteiger partial charge in [-0.3, -0.25) is 0 Å². The fourth-order valence-corrected chi connectivity index (χ4v) is 7.88. The smallest absolute Gasteiger partial charge is 0.121 e. The summed E-state index contributed by atoms with van der Waals surface area (Å²) in [7, 11) is -1.34. The van der Waals surface area contributed by atoms with Crippen LogP contribution in [0.15, 0.2) is 108 Å². The minimum atomic E-state index is -1.34. The number of aryl methyl sites for hydroxylation is 3. The summed E-state index contributed by atoms with van der Waals surface area (Å²) in [5.74, 6) is 0.534. The van der Waals surface area contributed by atoms with Crippen LogP contribution in [-0.2, 0) is 20.1 Å². The van der Waals surface area contributed by atoms with Crippen LogP contribution < -0.4 is 5.19 Å². The summed E-state index contributed by atoms with van der Waals surface area (Å²) in [5.41, 5.74) is 13.2. The van der Waals surface area contributed by atoms with Crippen molar-refractivity contribution in [2.75, 3.05) is 0 Å². The van der Waals surface area contributed by atoms with E-state index < -0.39 is 8.07 Å². The van der Waals surface area contributed by atoms with Gasteiger partial charge in [0.25, 0.3) is 0 Å². The van der Waals surface area contributed by atoms with E-state index in [0.29, 0.717) is 5.92 Å². The maximum absolute atomic E-state index is 6.33. The van der Waals surface area contributed by atoms with E-state index in [1.54, 1.807) is 0 Å². The molecule has 0 saturated carbocycles. The van der Waals surface area contributed by atoms with Gasteiger partial charge in [-0.2, -0.15) is 0 Å². The molecular weight excluding hydrogens is 781 g/mol. The van der Waals surface area contributed by atoms with Crippen LogP contribution in [0.2, 0.25) is 19.6 Å². The zero-order valence-corrected chi connectivity index (χ0v) is 32.4. The zero-order chi connectivity index (χ0) is 33.3. The average Bonchev–Trinajstić information content (AvgIpc) is 3.42. The molecule has 0 unspecified atom stereocenters. The molecule has 48 heavy (non-hydrogen) atoms. The van der Waals surface area contributed by atoms with Crippen molar-refractivity contribution in [3.05, 3.63) is 138 Å². The van der Waals surface area contributed by atoms with Crippen LogP contribution in [0.5, 0.6) is 0 Å². The molecule has 0 spiro atoms. The van der Waals surface area contributed by atoms with Gasteiger partial charge < -0.3 is 14.4 Å². The van der Waals surface area contributed by atoms with E-state index in [1.165, 1.54) is 33.0 Å². The molecule has 0 N–H and O–H groups in total. The third kappa shape index (κ3) is 7.60. The van der Waals surface area contributed by atoms with Gasteiger partial charge in [-0.1, -0.05) is 109 Å². The second-order valence-electron chi connectivity index (χ2n) is 13.8. The third-order valence-electron chi connectivity index (χ3n) is 8.51. The van der Waals surface area contributed by atoms with E-state index in [2.05, 4.69) is 143 Å². The van der Waals surface area contributed by atoms with Crippen LogP contribution in [0, 0.1) is 32.9 Å². The summed E-state index contributed by atoms with van der Waals surface area (Å²) in [6.07, 6.45) is 3.93. The van der Waals surface area contributed by atoms with Gasteiger partial charge in [0.1, 0.15) is 5.58 Å². The molecule has 5 heteroatoms. The SMILES string of the molecule is CC(C)c1cc(-c2[c-]cccc2)ncc1[Si](C)(C)C.Cc1cc(C)cc(-c2ccc3c(c2)oc2c(-c4cc(C)ccn4)[c-]ccc23)c1.[Ir]. The average molecular weight is 823 g/mol.